The summed E-state index contributed by atoms with van der Waals surface area (Å²) in [5.74, 6) is -0.465. The molecule has 0 saturated heterocycles. The lowest BCUT2D eigenvalue weighted by atomic mass is 10.2. The molecule has 0 aliphatic heterocycles. The van der Waals surface area contributed by atoms with Crippen LogP contribution in [-0.4, -0.2) is 22.8 Å². The number of nitrogens with zero attached hydrogens (tertiary/aromatic N) is 2. The van der Waals surface area contributed by atoms with Crippen LogP contribution in [0.4, 0.5) is 4.39 Å². The van der Waals surface area contributed by atoms with Crippen LogP contribution in [0.2, 0.25) is 0 Å². The second-order valence-electron chi connectivity index (χ2n) is 4.01. The highest BCUT2D eigenvalue weighted by Crippen LogP contribution is 2.15. The van der Waals surface area contributed by atoms with Crippen LogP contribution in [-0.2, 0) is 6.54 Å². The lowest BCUT2D eigenvalue weighted by molar-refractivity contribution is 0.0786. The van der Waals surface area contributed by atoms with Gasteiger partial charge in [0.05, 0.1) is 11.6 Å². The van der Waals surface area contributed by atoms with Crippen molar-refractivity contribution in [3.63, 3.8) is 0 Å². The second-order valence-corrected chi connectivity index (χ2v) is 5.33. The second kappa shape index (κ2) is 5.27. The Morgan fingerprint density at radius 1 is 1.39 bits per heavy atom. The molecule has 0 aliphatic rings. The van der Waals surface area contributed by atoms with Gasteiger partial charge in [0, 0.05) is 23.7 Å². The summed E-state index contributed by atoms with van der Waals surface area (Å²) in [7, 11) is 1.72. The van der Waals surface area contributed by atoms with Crippen LogP contribution in [0.3, 0.4) is 0 Å². The number of rotatable bonds is 3. The van der Waals surface area contributed by atoms with E-state index in [1.54, 1.807) is 29.5 Å². The van der Waals surface area contributed by atoms with Gasteiger partial charge < -0.3 is 4.90 Å². The molecule has 18 heavy (non-hydrogen) atoms. The maximum absolute atomic E-state index is 12.8. The van der Waals surface area contributed by atoms with E-state index in [1.165, 1.54) is 24.3 Å². The van der Waals surface area contributed by atoms with Crippen LogP contribution < -0.4 is 0 Å². The maximum atomic E-state index is 12.8. The summed E-state index contributed by atoms with van der Waals surface area (Å²) < 4.78 is 12.8. The summed E-state index contributed by atoms with van der Waals surface area (Å²) in [6, 6.07) is 5.56. The Hall–Kier alpha value is -1.75. The van der Waals surface area contributed by atoms with Gasteiger partial charge in [0.25, 0.3) is 5.91 Å². The molecule has 0 atom stereocenters. The Bertz CT molecular complexity index is 550. The fourth-order valence-electron chi connectivity index (χ4n) is 1.60. The van der Waals surface area contributed by atoms with Gasteiger partial charge in [-0.15, -0.1) is 11.3 Å². The summed E-state index contributed by atoms with van der Waals surface area (Å²) in [4.78, 5) is 18.8. The molecule has 0 aliphatic carbocycles. The van der Waals surface area contributed by atoms with Gasteiger partial charge >= 0.3 is 0 Å². The van der Waals surface area contributed by atoms with E-state index < -0.39 is 0 Å². The Morgan fingerprint density at radius 3 is 2.61 bits per heavy atom. The van der Waals surface area contributed by atoms with Crippen molar-refractivity contribution in [2.45, 2.75) is 13.5 Å². The summed E-state index contributed by atoms with van der Waals surface area (Å²) >= 11 is 1.57. The minimum absolute atomic E-state index is 0.124. The number of amides is 1. The predicted molar refractivity (Wildman–Crippen MR) is 69.0 cm³/mol. The topological polar surface area (TPSA) is 33.2 Å². The number of aromatic nitrogens is 1. The summed E-state index contributed by atoms with van der Waals surface area (Å²) in [6.07, 6.45) is 1.77. The summed E-state index contributed by atoms with van der Waals surface area (Å²) in [6.45, 7) is 2.44. The van der Waals surface area contributed by atoms with E-state index in [4.69, 9.17) is 0 Å². The number of hydrogen-bond acceptors (Lipinski definition) is 3. The lowest BCUT2D eigenvalue weighted by Gasteiger charge is -2.15. The standard InChI is InChI=1S/C13H13FN2OS/c1-9-15-7-12(18-9)8-16(2)13(17)10-3-5-11(14)6-4-10/h3-7H,8H2,1-2H3. The molecule has 0 radical (unpaired) electrons. The Labute approximate surface area is 109 Å². The van der Waals surface area contributed by atoms with E-state index in [0.717, 1.165) is 9.88 Å². The smallest absolute Gasteiger partial charge is 0.253 e. The summed E-state index contributed by atoms with van der Waals surface area (Å²) in [5, 5.41) is 0.979. The van der Waals surface area contributed by atoms with Crippen LogP contribution in [0, 0.1) is 12.7 Å². The van der Waals surface area contributed by atoms with Crippen molar-refractivity contribution in [1.29, 1.82) is 0 Å². The van der Waals surface area contributed by atoms with Crippen molar-refractivity contribution in [2.75, 3.05) is 7.05 Å². The molecule has 0 fully saturated rings. The van der Waals surface area contributed by atoms with Gasteiger partial charge in [0.15, 0.2) is 0 Å². The van der Waals surface area contributed by atoms with Gasteiger partial charge in [-0.2, -0.15) is 0 Å². The third kappa shape index (κ3) is 2.92. The number of aryl methyl sites for hydroxylation is 1. The number of thiazole rings is 1. The first-order valence-electron chi connectivity index (χ1n) is 5.48. The molecule has 1 aromatic carbocycles. The molecular weight excluding hydrogens is 251 g/mol. The fraction of sp³-hybridized carbons (Fsp3) is 0.231. The normalized spacial score (nSPS) is 10.4. The molecule has 0 unspecified atom stereocenters. The van der Waals surface area contributed by atoms with Crippen molar-refractivity contribution in [3.8, 4) is 0 Å². The van der Waals surface area contributed by atoms with E-state index >= 15 is 0 Å². The minimum atomic E-state index is -0.340. The molecule has 1 heterocycles. The molecule has 2 rings (SSSR count). The average molecular weight is 264 g/mol. The van der Waals surface area contributed by atoms with Crippen molar-refractivity contribution >= 4 is 17.2 Å². The number of hydrogen-bond donors (Lipinski definition) is 0. The minimum Gasteiger partial charge on any atom is -0.337 e. The lowest BCUT2D eigenvalue weighted by Crippen LogP contribution is -2.25. The SMILES string of the molecule is Cc1ncc(CN(C)C(=O)c2ccc(F)cc2)s1. The van der Waals surface area contributed by atoms with E-state index in [2.05, 4.69) is 4.98 Å². The highest BCUT2D eigenvalue weighted by Gasteiger charge is 2.12. The number of halogens is 1. The molecule has 1 aromatic heterocycles. The highest BCUT2D eigenvalue weighted by atomic mass is 32.1. The van der Waals surface area contributed by atoms with Gasteiger partial charge in [-0.1, -0.05) is 0 Å². The van der Waals surface area contributed by atoms with Gasteiger partial charge in [0.1, 0.15) is 5.82 Å². The Balaban J connectivity index is 2.07. The van der Waals surface area contributed by atoms with Crippen LogP contribution in [0.5, 0.6) is 0 Å². The number of carbonyl (C=O) groups is 1. The van der Waals surface area contributed by atoms with Crippen LogP contribution >= 0.6 is 11.3 Å². The Morgan fingerprint density at radius 2 is 2.06 bits per heavy atom. The van der Waals surface area contributed by atoms with Gasteiger partial charge in [-0.25, -0.2) is 9.37 Å². The number of carbonyl (C=O) groups excluding carboxylic acids is 1. The van der Waals surface area contributed by atoms with E-state index in [0.29, 0.717) is 12.1 Å². The van der Waals surface area contributed by atoms with Crippen molar-refractivity contribution < 1.29 is 9.18 Å². The zero-order valence-corrected chi connectivity index (χ0v) is 11.0. The molecule has 0 saturated carbocycles. The third-order valence-electron chi connectivity index (χ3n) is 2.50. The fourth-order valence-corrected chi connectivity index (χ4v) is 2.45. The van der Waals surface area contributed by atoms with Crippen molar-refractivity contribution in [2.24, 2.45) is 0 Å². The zero-order valence-electron chi connectivity index (χ0n) is 10.2. The average Bonchev–Trinajstić information content (AvgIpc) is 2.75. The molecule has 0 spiro atoms. The van der Waals surface area contributed by atoms with Gasteiger partial charge in [0.2, 0.25) is 0 Å². The quantitative estimate of drug-likeness (QED) is 0.854. The predicted octanol–water partition coefficient (Wildman–Crippen LogP) is 2.86. The molecule has 94 valence electrons. The highest BCUT2D eigenvalue weighted by molar-refractivity contribution is 7.11. The Kier molecular flexibility index (Phi) is 3.72. The molecule has 2 aromatic rings. The van der Waals surface area contributed by atoms with Crippen molar-refractivity contribution in [3.05, 3.63) is 51.7 Å². The molecule has 3 nitrogen and oxygen atoms in total. The molecule has 0 bridgehead atoms. The molecule has 5 heteroatoms. The van der Waals surface area contributed by atoms with Crippen LogP contribution in [0.25, 0.3) is 0 Å². The van der Waals surface area contributed by atoms with E-state index in [-0.39, 0.29) is 11.7 Å². The van der Waals surface area contributed by atoms with E-state index in [9.17, 15) is 9.18 Å². The molecule has 0 N–H and O–H groups in total. The van der Waals surface area contributed by atoms with E-state index in [1.807, 2.05) is 6.92 Å². The zero-order chi connectivity index (χ0) is 13.1. The third-order valence-corrected chi connectivity index (χ3v) is 3.40. The monoisotopic (exact) mass is 264 g/mol. The first-order valence-corrected chi connectivity index (χ1v) is 6.30. The largest absolute Gasteiger partial charge is 0.337 e. The number of benzene rings is 1. The van der Waals surface area contributed by atoms with Crippen LogP contribution in [0.15, 0.2) is 30.5 Å². The molecular formula is C13H13FN2OS. The maximum Gasteiger partial charge on any atom is 0.253 e. The first kappa shape index (κ1) is 12.7. The van der Waals surface area contributed by atoms with Crippen molar-refractivity contribution in [1.82, 2.24) is 9.88 Å². The molecule has 1 amide bonds. The summed E-state index contributed by atoms with van der Waals surface area (Å²) in [5.41, 5.74) is 0.486. The first-order chi connectivity index (χ1) is 8.56. The van der Waals surface area contributed by atoms with Gasteiger partial charge in [-0.05, 0) is 31.2 Å². The van der Waals surface area contributed by atoms with Gasteiger partial charge in [-0.3, -0.25) is 4.79 Å². The van der Waals surface area contributed by atoms with Crippen LogP contribution in [0.1, 0.15) is 20.2 Å².